The van der Waals surface area contributed by atoms with Crippen LogP contribution in [0, 0.1) is 0 Å². The molecule has 1 atom stereocenters. The van der Waals surface area contributed by atoms with Gasteiger partial charge in [0, 0.05) is 13.1 Å². The van der Waals surface area contributed by atoms with Crippen molar-refractivity contribution >= 4 is 5.91 Å². The van der Waals surface area contributed by atoms with Crippen LogP contribution in [0.5, 0.6) is 0 Å². The van der Waals surface area contributed by atoms with E-state index in [1.165, 1.54) is 11.1 Å². The van der Waals surface area contributed by atoms with E-state index < -0.39 is 0 Å². The lowest BCUT2D eigenvalue weighted by atomic mass is 9.82. The van der Waals surface area contributed by atoms with Crippen molar-refractivity contribution in [3.63, 3.8) is 0 Å². The highest BCUT2D eigenvalue weighted by Gasteiger charge is 2.25. The van der Waals surface area contributed by atoms with Crippen LogP contribution in [-0.2, 0) is 11.2 Å². The van der Waals surface area contributed by atoms with Crippen LogP contribution in [0.4, 0.5) is 0 Å². The van der Waals surface area contributed by atoms with Crippen molar-refractivity contribution in [3.05, 3.63) is 35.4 Å². The summed E-state index contributed by atoms with van der Waals surface area (Å²) in [6.45, 7) is 1.07. The number of hydrogen-bond donors (Lipinski definition) is 2. The smallest absolute Gasteiger partial charge is 0.227 e. The van der Waals surface area contributed by atoms with E-state index in [2.05, 4.69) is 17.4 Å². The van der Waals surface area contributed by atoms with Gasteiger partial charge in [0.2, 0.25) is 5.91 Å². The van der Waals surface area contributed by atoms with Gasteiger partial charge in [0.1, 0.15) is 0 Å². The van der Waals surface area contributed by atoms with Crippen LogP contribution in [0.1, 0.15) is 29.9 Å². The molecule has 0 heterocycles. The normalized spacial score (nSPS) is 18.9. The van der Waals surface area contributed by atoms with Crippen LogP contribution in [0.25, 0.3) is 0 Å². The van der Waals surface area contributed by atoms with Crippen molar-refractivity contribution in [3.8, 4) is 0 Å². The molecule has 1 unspecified atom stereocenters. The number of carbonyl (C=O) groups is 1. The molecule has 1 aliphatic carbocycles. The van der Waals surface area contributed by atoms with Crippen LogP contribution < -0.4 is 11.1 Å². The fraction of sp³-hybridized carbons (Fsp3) is 0.462. The van der Waals surface area contributed by atoms with Gasteiger partial charge in [-0.2, -0.15) is 0 Å². The summed E-state index contributed by atoms with van der Waals surface area (Å²) < 4.78 is 0. The summed E-state index contributed by atoms with van der Waals surface area (Å²) in [4.78, 5) is 12.0. The quantitative estimate of drug-likeness (QED) is 0.800. The molecule has 0 aromatic heterocycles. The largest absolute Gasteiger partial charge is 0.354 e. The van der Waals surface area contributed by atoms with Crippen molar-refractivity contribution in [2.45, 2.75) is 25.2 Å². The molecule has 0 spiro atoms. The second-order valence-corrected chi connectivity index (χ2v) is 4.22. The maximum Gasteiger partial charge on any atom is 0.227 e. The molecule has 3 heteroatoms. The Balaban J connectivity index is 2.15. The first-order chi connectivity index (χ1) is 7.83. The molecular formula is C13H18N2O. The first-order valence-electron chi connectivity index (χ1n) is 5.88. The standard InChI is InChI=1S/C13H18N2O/c14-8-9-15-13(16)12-7-3-5-10-4-1-2-6-11(10)12/h1-2,4,6,12H,3,5,7-9,14H2,(H,15,16). The maximum atomic E-state index is 12.0. The van der Waals surface area contributed by atoms with Gasteiger partial charge in [-0.25, -0.2) is 0 Å². The topological polar surface area (TPSA) is 55.1 Å². The van der Waals surface area contributed by atoms with Crippen molar-refractivity contribution in [1.82, 2.24) is 5.32 Å². The third-order valence-electron chi connectivity index (χ3n) is 3.13. The monoisotopic (exact) mass is 218 g/mol. The van der Waals surface area contributed by atoms with Gasteiger partial charge in [0.15, 0.2) is 0 Å². The molecular weight excluding hydrogens is 200 g/mol. The van der Waals surface area contributed by atoms with E-state index >= 15 is 0 Å². The van der Waals surface area contributed by atoms with E-state index in [0.717, 1.165) is 19.3 Å². The van der Waals surface area contributed by atoms with Gasteiger partial charge in [-0.05, 0) is 30.4 Å². The second-order valence-electron chi connectivity index (χ2n) is 4.22. The molecule has 1 aliphatic rings. The third-order valence-corrected chi connectivity index (χ3v) is 3.13. The fourth-order valence-electron chi connectivity index (χ4n) is 2.34. The van der Waals surface area contributed by atoms with E-state index in [-0.39, 0.29) is 11.8 Å². The Hall–Kier alpha value is -1.35. The van der Waals surface area contributed by atoms with E-state index in [1.54, 1.807) is 0 Å². The molecule has 2 rings (SSSR count). The SMILES string of the molecule is NCCNC(=O)C1CCCc2ccccc21. The van der Waals surface area contributed by atoms with Gasteiger partial charge in [-0.15, -0.1) is 0 Å². The van der Waals surface area contributed by atoms with E-state index in [0.29, 0.717) is 13.1 Å². The van der Waals surface area contributed by atoms with Gasteiger partial charge < -0.3 is 11.1 Å². The second kappa shape index (κ2) is 5.12. The van der Waals surface area contributed by atoms with Crippen LogP contribution in [0.15, 0.2) is 24.3 Å². The lowest BCUT2D eigenvalue weighted by Crippen LogP contribution is -2.34. The molecule has 3 N–H and O–H groups in total. The minimum Gasteiger partial charge on any atom is -0.354 e. The average molecular weight is 218 g/mol. The Bertz CT molecular complexity index is 376. The zero-order valence-corrected chi connectivity index (χ0v) is 9.41. The fourth-order valence-corrected chi connectivity index (χ4v) is 2.34. The Morgan fingerprint density at radius 1 is 1.44 bits per heavy atom. The highest BCUT2D eigenvalue weighted by molar-refractivity contribution is 5.84. The summed E-state index contributed by atoms with van der Waals surface area (Å²) in [6.07, 6.45) is 3.14. The van der Waals surface area contributed by atoms with Gasteiger partial charge in [-0.1, -0.05) is 24.3 Å². The molecule has 0 fully saturated rings. The van der Waals surface area contributed by atoms with E-state index in [9.17, 15) is 4.79 Å². The number of nitrogens with one attached hydrogen (secondary N) is 1. The number of amides is 1. The molecule has 0 saturated carbocycles. The number of nitrogens with two attached hydrogens (primary N) is 1. The Morgan fingerprint density at radius 2 is 2.25 bits per heavy atom. The number of hydrogen-bond acceptors (Lipinski definition) is 2. The zero-order chi connectivity index (χ0) is 11.4. The predicted octanol–water partition coefficient (Wildman–Crippen LogP) is 1.18. The number of aryl methyl sites for hydroxylation is 1. The number of benzene rings is 1. The Kier molecular flexibility index (Phi) is 3.57. The Labute approximate surface area is 96.0 Å². The van der Waals surface area contributed by atoms with Gasteiger partial charge in [0.25, 0.3) is 0 Å². The van der Waals surface area contributed by atoms with Crippen molar-refractivity contribution < 1.29 is 4.79 Å². The molecule has 3 nitrogen and oxygen atoms in total. The summed E-state index contributed by atoms with van der Waals surface area (Å²) in [5.74, 6) is 0.147. The molecule has 1 amide bonds. The molecule has 0 aliphatic heterocycles. The van der Waals surface area contributed by atoms with Crippen LogP contribution in [0.2, 0.25) is 0 Å². The zero-order valence-electron chi connectivity index (χ0n) is 9.41. The van der Waals surface area contributed by atoms with Gasteiger partial charge in [-0.3, -0.25) is 4.79 Å². The average Bonchev–Trinajstić information content (AvgIpc) is 2.35. The first kappa shape index (κ1) is 11.1. The lowest BCUT2D eigenvalue weighted by molar-refractivity contribution is -0.122. The first-order valence-corrected chi connectivity index (χ1v) is 5.88. The van der Waals surface area contributed by atoms with E-state index in [4.69, 9.17) is 5.73 Å². The maximum absolute atomic E-state index is 12.0. The molecule has 1 aromatic carbocycles. The summed E-state index contributed by atoms with van der Waals surface area (Å²) >= 11 is 0. The molecule has 0 saturated heterocycles. The van der Waals surface area contributed by atoms with Crippen LogP contribution in [-0.4, -0.2) is 19.0 Å². The number of carbonyl (C=O) groups excluding carboxylic acids is 1. The number of fused-ring (bicyclic) bond motifs is 1. The van der Waals surface area contributed by atoms with Crippen molar-refractivity contribution in [1.29, 1.82) is 0 Å². The van der Waals surface area contributed by atoms with Crippen LogP contribution >= 0.6 is 0 Å². The molecule has 86 valence electrons. The van der Waals surface area contributed by atoms with Crippen molar-refractivity contribution in [2.24, 2.45) is 5.73 Å². The van der Waals surface area contributed by atoms with E-state index in [1.807, 2.05) is 12.1 Å². The summed E-state index contributed by atoms with van der Waals surface area (Å²) in [5.41, 5.74) is 7.90. The highest BCUT2D eigenvalue weighted by atomic mass is 16.1. The molecule has 1 aromatic rings. The minimum absolute atomic E-state index is 0.0245. The van der Waals surface area contributed by atoms with Crippen molar-refractivity contribution in [2.75, 3.05) is 13.1 Å². The van der Waals surface area contributed by atoms with Gasteiger partial charge >= 0.3 is 0 Å². The predicted molar refractivity (Wildman–Crippen MR) is 64.2 cm³/mol. The Morgan fingerprint density at radius 3 is 3.06 bits per heavy atom. The lowest BCUT2D eigenvalue weighted by Gasteiger charge is -2.24. The summed E-state index contributed by atoms with van der Waals surface area (Å²) in [6, 6.07) is 8.24. The summed E-state index contributed by atoms with van der Waals surface area (Å²) in [5, 5.41) is 2.88. The number of rotatable bonds is 3. The summed E-state index contributed by atoms with van der Waals surface area (Å²) in [7, 11) is 0. The minimum atomic E-state index is 0.0245. The highest BCUT2D eigenvalue weighted by Crippen LogP contribution is 2.31. The van der Waals surface area contributed by atoms with Gasteiger partial charge in [0.05, 0.1) is 5.92 Å². The third kappa shape index (κ3) is 2.25. The molecule has 0 bridgehead atoms. The molecule has 0 radical (unpaired) electrons. The molecule has 16 heavy (non-hydrogen) atoms. The van der Waals surface area contributed by atoms with Crippen LogP contribution in [0.3, 0.4) is 0 Å².